The van der Waals surface area contributed by atoms with Gasteiger partial charge in [0.15, 0.2) is 0 Å². The number of thioether (sulfide) groups is 1. The smallest absolute Gasteiger partial charge is 0.264 e. The Kier molecular flexibility index (Phi) is 7.41. The van der Waals surface area contributed by atoms with Crippen LogP contribution in [0.15, 0.2) is 88.7 Å². The number of carbonyl (C=O) groups is 1. The fourth-order valence-electron chi connectivity index (χ4n) is 3.25. The van der Waals surface area contributed by atoms with Gasteiger partial charge in [-0.3, -0.25) is 9.10 Å². The van der Waals surface area contributed by atoms with Gasteiger partial charge in [0.25, 0.3) is 15.9 Å². The minimum atomic E-state index is -3.69. The largest absolute Gasteiger partial charge is 0.346 e. The molecule has 3 aromatic carbocycles. The van der Waals surface area contributed by atoms with Gasteiger partial charge in [0.05, 0.1) is 16.6 Å². The van der Waals surface area contributed by atoms with Crippen molar-refractivity contribution in [2.45, 2.75) is 29.7 Å². The highest BCUT2D eigenvalue weighted by Gasteiger charge is 2.24. The van der Waals surface area contributed by atoms with Crippen molar-refractivity contribution in [2.24, 2.45) is 0 Å². The summed E-state index contributed by atoms with van der Waals surface area (Å²) < 4.78 is 27.6. The lowest BCUT2D eigenvalue weighted by Crippen LogP contribution is -2.31. The van der Waals surface area contributed by atoms with Gasteiger partial charge < -0.3 is 5.32 Å². The van der Waals surface area contributed by atoms with Crippen LogP contribution in [-0.2, 0) is 10.0 Å². The number of nitrogens with zero attached hydrogens (tertiary/aromatic N) is 1. The normalized spacial score (nSPS) is 12.2. The molecule has 0 aliphatic carbocycles. The highest BCUT2D eigenvalue weighted by Crippen LogP contribution is 2.26. The lowest BCUT2D eigenvalue weighted by Gasteiger charge is -2.23. The summed E-state index contributed by atoms with van der Waals surface area (Å²) in [5, 5.41) is 2.97. The van der Waals surface area contributed by atoms with Crippen molar-refractivity contribution < 1.29 is 13.2 Å². The van der Waals surface area contributed by atoms with Crippen molar-refractivity contribution in [1.29, 1.82) is 0 Å². The second-order valence-electron chi connectivity index (χ2n) is 7.00. The SMILES string of the molecule is CCN(c1ccc(C(=O)N[C@H](C)c2ccccc2)cc1)S(=O)(=O)c1ccc(SC)cc1. The number of hydrogen-bond acceptors (Lipinski definition) is 4. The Morgan fingerprint density at radius 2 is 1.58 bits per heavy atom. The maximum atomic E-state index is 13.1. The van der Waals surface area contributed by atoms with Crippen LogP contribution in [-0.4, -0.2) is 27.1 Å². The molecule has 5 nitrogen and oxygen atoms in total. The standard InChI is InChI=1S/C24H26N2O3S2/c1-4-26(31(28,29)23-16-14-22(30-3)15-17-23)21-12-10-20(11-13-21)24(27)25-18(2)19-8-6-5-7-9-19/h5-18H,4H2,1-3H3,(H,25,27)/t18-/m1/s1. The molecular weight excluding hydrogens is 428 g/mol. The molecule has 0 saturated carbocycles. The van der Waals surface area contributed by atoms with Gasteiger partial charge in [-0.05, 0) is 74.2 Å². The number of benzene rings is 3. The second kappa shape index (κ2) is 10.0. The number of nitrogens with one attached hydrogen (secondary N) is 1. The molecule has 0 fully saturated rings. The third-order valence-electron chi connectivity index (χ3n) is 5.00. The van der Waals surface area contributed by atoms with E-state index in [0.717, 1.165) is 10.5 Å². The highest BCUT2D eigenvalue weighted by atomic mass is 32.2. The maximum absolute atomic E-state index is 13.1. The number of carbonyl (C=O) groups excluding carboxylic acids is 1. The predicted molar refractivity (Wildman–Crippen MR) is 127 cm³/mol. The van der Waals surface area contributed by atoms with Gasteiger partial charge in [-0.25, -0.2) is 8.42 Å². The number of hydrogen-bond donors (Lipinski definition) is 1. The summed E-state index contributed by atoms with van der Waals surface area (Å²) in [4.78, 5) is 13.9. The van der Waals surface area contributed by atoms with Gasteiger partial charge in [0.1, 0.15) is 0 Å². The van der Waals surface area contributed by atoms with E-state index in [0.29, 0.717) is 11.3 Å². The molecular formula is C24H26N2O3S2. The Morgan fingerprint density at radius 1 is 0.968 bits per heavy atom. The summed E-state index contributed by atoms with van der Waals surface area (Å²) in [7, 11) is -3.69. The first-order valence-electron chi connectivity index (χ1n) is 9.99. The quantitative estimate of drug-likeness (QED) is 0.480. The number of rotatable bonds is 8. The van der Waals surface area contributed by atoms with E-state index in [2.05, 4.69) is 5.32 Å². The first-order valence-corrected chi connectivity index (χ1v) is 12.7. The number of anilines is 1. The van der Waals surface area contributed by atoms with Gasteiger partial charge in [0.2, 0.25) is 0 Å². The fourth-order valence-corrected chi connectivity index (χ4v) is 5.13. The van der Waals surface area contributed by atoms with E-state index < -0.39 is 10.0 Å². The molecule has 0 spiro atoms. The minimum Gasteiger partial charge on any atom is -0.346 e. The molecule has 0 aromatic heterocycles. The average Bonchev–Trinajstić information content (AvgIpc) is 2.80. The Labute approximate surface area is 188 Å². The molecule has 0 bridgehead atoms. The zero-order chi connectivity index (χ0) is 22.4. The summed E-state index contributed by atoms with van der Waals surface area (Å²) in [6, 6.07) is 23.1. The first kappa shape index (κ1) is 22.9. The van der Waals surface area contributed by atoms with Crippen molar-refractivity contribution in [3.63, 3.8) is 0 Å². The van der Waals surface area contributed by atoms with E-state index in [-0.39, 0.29) is 23.4 Å². The Bertz CT molecular complexity index is 1110. The molecule has 7 heteroatoms. The molecule has 0 radical (unpaired) electrons. The molecule has 3 aromatic rings. The summed E-state index contributed by atoms with van der Waals surface area (Å²) in [6.07, 6.45) is 1.94. The van der Waals surface area contributed by atoms with Crippen molar-refractivity contribution in [3.8, 4) is 0 Å². The Balaban J connectivity index is 1.77. The van der Waals surface area contributed by atoms with Crippen LogP contribution in [0.4, 0.5) is 5.69 Å². The number of amides is 1. The van der Waals surface area contributed by atoms with Crippen molar-refractivity contribution in [1.82, 2.24) is 5.32 Å². The van der Waals surface area contributed by atoms with Crippen LogP contribution in [0.25, 0.3) is 0 Å². The van der Waals surface area contributed by atoms with Crippen LogP contribution in [0.3, 0.4) is 0 Å². The molecule has 0 aliphatic rings. The van der Waals surface area contributed by atoms with E-state index in [4.69, 9.17) is 0 Å². The van der Waals surface area contributed by atoms with Crippen LogP contribution in [0.2, 0.25) is 0 Å². The van der Waals surface area contributed by atoms with Crippen molar-refractivity contribution in [3.05, 3.63) is 90.0 Å². The van der Waals surface area contributed by atoms with E-state index in [9.17, 15) is 13.2 Å². The van der Waals surface area contributed by atoms with Crippen molar-refractivity contribution >= 4 is 33.4 Å². The van der Waals surface area contributed by atoms with E-state index in [1.54, 1.807) is 67.2 Å². The monoisotopic (exact) mass is 454 g/mol. The van der Waals surface area contributed by atoms with Crippen molar-refractivity contribution in [2.75, 3.05) is 17.1 Å². The van der Waals surface area contributed by atoms with Crippen LogP contribution in [0, 0.1) is 0 Å². The summed E-state index contributed by atoms with van der Waals surface area (Å²) in [5.74, 6) is -0.207. The van der Waals surface area contributed by atoms with Gasteiger partial charge in [-0.2, -0.15) is 0 Å². The fraction of sp³-hybridized carbons (Fsp3) is 0.208. The van der Waals surface area contributed by atoms with Gasteiger partial charge in [-0.15, -0.1) is 11.8 Å². The molecule has 162 valence electrons. The topological polar surface area (TPSA) is 66.5 Å². The molecule has 0 saturated heterocycles. The third kappa shape index (κ3) is 5.29. The average molecular weight is 455 g/mol. The third-order valence-corrected chi connectivity index (χ3v) is 7.66. The summed E-state index contributed by atoms with van der Waals surface area (Å²) in [6.45, 7) is 3.99. The Hall–Kier alpha value is -2.77. The lowest BCUT2D eigenvalue weighted by atomic mass is 10.1. The highest BCUT2D eigenvalue weighted by molar-refractivity contribution is 7.98. The van der Waals surface area contributed by atoms with Gasteiger partial charge >= 0.3 is 0 Å². The zero-order valence-corrected chi connectivity index (χ0v) is 19.4. The molecule has 1 atom stereocenters. The van der Waals surface area contributed by atoms with E-state index in [1.807, 2.05) is 43.5 Å². The van der Waals surface area contributed by atoms with Crippen LogP contribution >= 0.6 is 11.8 Å². The van der Waals surface area contributed by atoms with E-state index >= 15 is 0 Å². The van der Waals surface area contributed by atoms with Gasteiger partial charge in [-0.1, -0.05) is 30.3 Å². The van der Waals surface area contributed by atoms with Gasteiger partial charge in [0, 0.05) is 17.0 Å². The first-order chi connectivity index (χ1) is 14.9. The van der Waals surface area contributed by atoms with Crippen LogP contribution in [0.1, 0.15) is 35.8 Å². The van der Waals surface area contributed by atoms with Crippen LogP contribution in [0.5, 0.6) is 0 Å². The van der Waals surface area contributed by atoms with E-state index in [1.165, 1.54) is 4.31 Å². The van der Waals surface area contributed by atoms with Crippen LogP contribution < -0.4 is 9.62 Å². The molecule has 1 N–H and O–H groups in total. The summed E-state index contributed by atoms with van der Waals surface area (Å²) >= 11 is 1.56. The molecule has 0 heterocycles. The zero-order valence-electron chi connectivity index (χ0n) is 17.8. The molecule has 31 heavy (non-hydrogen) atoms. The number of sulfonamides is 1. The summed E-state index contributed by atoms with van der Waals surface area (Å²) in [5.41, 5.74) is 2.01. The maximum Gasteiger partial charge on any atom is 0.264 e. The Morgan fingerprint density at radius 3 is 2.13 bits per heavy atom. The lowest BCUT2D eigenvalue weighted by molar-refractivity contribution is 0.0940. The molecule has 3 rings (SSSR count). The predicted octanol–water partition coefficient (Wildman–Crippen LogP) is 5.11. The molecule has 0 unspecified atom stereocenters. The second-order valence-corrected chi connectivity index (χ2v) is 9.74. The molecule has 1 amide bonds. The molecule has 0 aliphatic heterocycles. The minimum absolute atomic E-state index is 0.134.